The molecule has 0 aliphatic rings. The first-order valence-electron chi connectivity index (χ1n) is 5.46. The summed E-state index contributed by atoms with van der Waals surface area (Å²) < 4.78 is 0.762. The van der Waals surface area contributed by atoms with Crippen molar-refractivity contribution in [3.63, 3.8) is 0 Å². The van der Waals surface area contributed by atoms with Crippen LogP contribution in [0, 0.1) is 5.41 Å². The van der Waals surface area contributed by atoms with Gasteiger partial charge in [-0.3, -0.25) is 4.79 Å². The minimum atomic E-state index is -0.176. The first kappa shape index (κ1) is 14.1. The topological polar surface area (TPSA) is 68.0 Å². The molecule has 1 heterocycles. The molecule has 1 aromatic heterocycles. The molecule has 4 nitrogen and oxygen atoms in total. The number of hydrogen-bond acceptors (Lipinski definition) is 3. The van der Waals surface area contributed by atoms with Crippen LogP contribution in [0.25, 0.3) is 0 Å². The molecular formula is C12H18BrN3O. The van der Waals surface area contributed by atoms with Crippen molar-refractivity contribution < 1.29 is 4.79 Å². The van der Waals surface area contributed by atoms with Crippen molar-refractivity contribution >= 4 is 27.7 Å². The fourth-order valence-corrected chi connectivity index (χ4v) is 1.52. The second kappa shape index (κ2) is 5.60. The van der Waals surface area contributed by atoms with Crippen molar-refractivity contribution in [2.24, 2.45) is 11.1 Å². The summed E-state index contributed by atoms with van der Waals surface area (Å²) >= 11 is 3.32. The van der Waals surface area contributed by atoms with E-state index in [1.54, 1.807) is 12.3 Å². The highest BCUT2D eigenvalue weighted by Crippen LogP contribution is 2.22. The van der Waals surface area contributed by atoms with Crippen LogP contribution < -0.4 is 11.1 Å². The van der Waals surface area contributed by atoms with Crippen molar-refractivity contribution in [1.82, 2.24) is 4.98 Å². The molecule has 1 atom stereocenters. The predicted molar refractivity (Wildman–Crippen MR) is 72.6 cm³/mol. The predicted octanol–water partition coefficient (Wildman–Crippen LogP) is 2.55. The number of carbonyl (C=O) groups is 1. The number of carbonyl (C=O) groups excluding carboxylic acids is 1. The van der Waals surface area contributed by atoms with Gasteiger partial charge in [-0.25, -0.2) is 4.98 Å². The van der Waals surface area contributed by atoms with E-state index in [-0.39, 0.29) is 23.8 Å². The second-order valence-corrected chi connectivity index (χ2v) is 5.91. The zero-order valence-electron chi connectivity index (χ0n) is 10.3. The Morgan fingerprint density at radius 1 is 1.59 bits per heavy atom. The fraction of sp³-hybridized carbons (Fsp3) is 0.500. The summed E-state index contributed by atoms with van der Waals surface area (Å²) in [5.74, 6) is 0.408. The van der Waals surface area contributed by atoms with Gasteiger partial charge in [-0.2, -0.15) is 0 Å². The first-order chi connectivity index (χ1) is 7.80. The smallest absolute Gasteiger partial charge is 0.227 e. The largest absolute Gasteiger partial charge is 0.327 e. The lowest BCUT2D eigenvalue weighted by molar-refractivity contribution is -0.117. The molecule has 3 N–H and O–H groups in total. The van der Waals surface area contributed by atoms with Crippen LogP contribution in [0.3, 0.4) is 0 Å². The standard InChI is InChI=1S/C12H18BrN3O/c1-12(2,3)9(14)7-10(17)16-11-8(13)5-4-6-15-11/h4-6,9H,7,14H2,1-3H3,(H,15,16,17). The molecule has 0 aliphatic carbocycles. The Morgan fingerprint density at radius 3 is 2.76 bits per heavy atom. The van der Waals surface area contributed by atoms with Crippen molar-refractivity contribution in [3.05, 3.63) is 22.8 Å². The third kappa shape index (κ3) is 4.44. The molecule has 0 saturated carbocycles. The summed E-state index contributed by atoms with van der Waals surface area (Å²) in [7, 11) is 0. The van der Waals surface area contributed by atoms with E-state index in [9.17, 15) is 4.79 Å². The normalized spacial score (nSPS) is 13.2. The van der Waals surface area contributed by atoms with Crippen molar-refractivity contribution in [2.75, 3.05) is 5.32 Å². The number of halogens is 1. The lowest BCUT2D eigenvalue weighted by atomic mass is 9.85. The number of pyridine rings is 1. The first-order valence-corrected chi connectivity index (χ1v) is 6.26. The van der Waals surface area contributed by atoms with Crippen LogP contribution in [0.2, 0.25) is 0 Å². The summed E-state index contributed by atoms with van der Waals surface area (Å²) in [6.45, 7) is 6.05. The molecule has 1 aromatic rings. The molecule has 0 saturated heterocycles. The van der Waals surface area contributed by atoms with Gasteiger partial charge in [0, 0.05) is 18.7 Å². The molecule has 1 unspecified atom stereocenters. The maximum Gasteiger partial charge on any atom is 0.227 e. The van der Waals surface area contributed by atoms with Crippen LogP contribution in [0.15, 0.2) is 22.8 Å². The molecule has 1 rings (SSSR count). The third-order valence-electron chi connectivity index (χ3n) is 2.53. The Kier molecular flexibility index (Phi) is 4.65. The number of anilines is 1. The fourth-order valence-electron chi connectivity index (χ4n) is 1.17. The van der Waals surface area contributed by atoms with E-state index in [0.29, 0.717) is 5.82 Å². The van der Waals surface area contributed by atoms with E-state index in [2.05, 4.69) is 26.2 Å². The second-order valence-electron chi connectivity index (χ2n) is 5.06. The molecule has 17 heavy (non-hydrogen) atoms. The Balaban J connectivity index is 2.60. The number of nitrogens with zero attached hydrogens (tertiary/aromatic N) is 1. The molecule has 0 fully saturated rings. The van der Waals surface area contributed by atoms with Gasteiger partial charge in [0.15, 0.2) is 0 Å². The number of nitrogens with one attached hydrogen (secondary N) is 1. The van der Waals surface area contributed by atoms with E-state index >= 15 is 0 Å². The zero-order valence-corrected chi connectivity index (χ0v) is 11.9. The van der Waals surface area contributed by atoms with E-state index < -0.39 is 0 Å². The average molecular weight is 300 g/mol. The van der Waals surface area contributed by atoms with Crippen LogP contribution in [0.4, 0.5) is 5.82 Å². The van der Waals surface area contributed by atoms with Gasteiger partial charge < -0.3 is 11.1 Å². The highest BCUT2D eigenvalue weighted by molar-refractivity contribution is 9.10. The van der Waals surface area contributed by atoms with Gasteiger partial charge in [-0.15, -0.1) is 0 Å². The Morgan fingerprint density at radius 2 is 2.24 bits per heavy atom. The summed E-state index contributed by atoms with van der Waals surface area (Å²) in [5.41, 5.74) is 5.87. The van der Waals surface area contributed by atoms with Gasteiger partial charge in [0.2, 0.25) is 5.91 Å². The molecular weight excluding hydrogens is 282 g/mol. The lowest BCUT2D eigenvalue weighted by Gasteiger charge is -2.26. The van der Waals surface area contributed by atoms with Gasteiger partial charge in [-0.05, 0) is 33.5 Å². The van der Waals surface area contributed by atoms with Gasteiger partial charge in [0.25, 0.3) is 0 Å². The molecule has 0 aromatic carbocycles. The van der Waals surface area contributed by atoms with E-state index in [1.807, 2.05) is 26.8 Å². The van der Waals surface area contributed by atoms with E-state index in [1.165, 1.54) is 0 Å². The van der Waals surface area contributed by atoms with Crippen molar-refractivity contribution in [2.45, 2.75) is 33.2 Å². The highest BCUT2D eigenvalue weighted by Gasteiger charge is 2.23. The van der Waals surface area contributed by atoms with Gasteiger partial charge >= 0.3 is 0 Å². The van der Waals surface area contributed by atoms with Crippen LogP contribution in [-0.4, -0.2) is 16.9 Å². The van der Waals surface area contributed by atoms with Crippen LogP contribution in [-0.2, 0) is 4.79 Å². The average Bonchev–Trinajstić information content (AvgIpc) is 2.20. The number of hydrogen-bond donors (Lipinski definition) is 2. The number of rotatable bonds is 3. The van der Waals surface area contributed by atoms with E-state index in [4.69, 9.17) is 5.73 Å². The number of nitrogens with two attached hydrogens (primary N) is 1. The quantitative estimate of drug-likeness (QED) is 0.901. The molecule has 94 valence electrons. The number of amides is 1. The van der Waals surface area contributed by atoms with Gasteiger partial charge in [0.1, 0.15) is 5.82 Å². The van der Waals surface area contributed by atoms with Crippen LogP contribution in [0.1, 0.15) is 27.2 Å². The lowest BCUT2D eigenvalue weighted by Crippen LogP contribution is -2.38. The minimum absolute atomic E-state index is 0.0846. The maximum absolute atomic E-state index is 11.8. The summed E-state index contributed by atoms with van der Waals surface area (Å²) in [4.78, 5) is 15.8. The molecule has 5 heteroatoms. The molecule has 0 bridgehead atoms. The van der Waals surface area contributed by atoms with Gasteiger partial charge in [0.05, 0.1) is 4.47 Å². The minimum Gasteiger partial charge on any atom is -0.327 e. The Labute approximate surface area is 110 Å². The van der Waals surface area contributed by atoms with Crippen molar-refractivity contribution in [1.29, 1.82) is 0 Å². The molecule has 1 amide bonds. The highest BCUT2D eigenvalue weighted by atomic mass is 79.9. The summed E-state index contributed by atoms with van der Waals surface area (Å²) in [6, 6.07) is 3.44. The zero-order chi connectivity index (χ0) is 13.1. The Hall–Kier alpha value is -0.940. The van der Waals surface area contributed by atoms with Crippen molar-refractivity contribution in [3.8, 4) is 0 Å². The molecule has 0 aliphatic heterocycles. The number of aromatic nitrogens is 1. The summed E-state index contributed by atoms with van der Waals surface area (Å²) in [6.07, 6.45) is 1.91. The SMILES string of the molecule is CC(C)(C)C(N)CC(=O)Nc1ncccc1Br. The monoisotopic (exact) mass is 299 g/mol. The van der Waals surface area contributed by atoms with Crippen LogP contribution >= 0.6 is 15.9 Å². The van der Waals surface area contributed by atoms with Crippen LogP contribution in [0.5, 0.6) is 0 Å². The Bertz CT molecular complexity index is 401. The third-order valence-corrected chi connectivity index (χ3v) is 3.17. The molecule has 0 radical (unpaired) electrons. The summed E-state index contributed by atoms with van der Waals surface area (Å²) in [5, 5.41) is 2.74. The maximum atomic E-state index is 11.8. The molecule has 0 spiro atoms. The van der Waals surface area contributed by atoms with Gasteiger partial charge in [-0.1, -0.05) is 20.8 Å². The van der Waals surface area contributed by atoms with E-state index in [0.717, 1.165) is 4.47 Å².